The molecule has 1 amide bonds. The lowest BCUT2D eigenvalue weighted by Crippen LogP contribution is -2.44. The maximum atomic E-state index is 11.7. The van der Waals surface area contributed by atoms with Crippen LogP contribution in [0.1, 0.15) is 38.3 Å². The van der Waals surface area contributed by atoms with Crippen LogP contribution < -0.4 is 10.1 Å². The molecule has 0 heterocycles. The van der Waals surface area contributed by atoms with E-state index in [9.17, 15) is 14.7 Å². The monoisotopic (exact) mass is 357 g/mol. The molecule has 0 aliphatic rings. The molecule has 0 bridgehead atoms. The van der Waals surface area contributed by atoms with Crippen LogP contribution in [-0.2, 0) is 9.53 Å². The van der Waals surface area contributed by atoms with Crippen LogP contribution in [0.4, 0.5) is 4.79 Å². The predicted molar refractivity (Wildman–Crippen MR) is 91.8 cm³/mol. The van der Waals surface area contributed by atoms with Gasteiger partial charge in [-0.05, 0) is 57.9 Å². The molecule has 1 unspecified atom stereocenters. The summed E-state index contributed by atoms with van der Waals surface area (Å²) in [5.41, 5.74) is 1.04. The van der Waals surface area contributed by atoms with Crippen molar-refractivity contribution in [2.24, 2.45) is 0 Å². The molecule has 0 aliphatic carbocycles. The van der Waals surface area contributed by atoms with Crippen molar-refractivity contribution in [3.8, 4) is 5.75 Å². The van der Waals surface area contributed by atoms with Gasteiger partial charge in [0.2, 0.25) is 0 Å². The summed E-state index contributed by atoms with van der Waals surface area (Å²) in [6, 6.07) is 2.50. The number of carboxylic acid groups (broad SMARTS) is 1. The number of carboxylic acids is 1. The molecule has 134 valence electrons. The van der Waals surface area contributed by atoms with Gasteiger partial charge >= 0.3 is 12.1 Å². The average Bonchev–Trinajstić information content (AvgIpc) is 2.41. The highest BCUT2D eigenvalue weighted by atomic mass is 35.5. The van der Waals surface area contributed by atoms with Crippen molar-refractivity contribution in [2.75, 3.05) is 6.61 Å². The van der Waals surface area contributed by atoms with Crippen molar-refractivity contribution in [1.29, 1.82) is 0 Å². The molecule has 0 radical (unpaired) electrons. The Labute approximate surface area is 147 Å². The van der Waals surface area contributed by atoms with E-state index in [0.717, 1.165) is 11.1 Å². The minimum absolute atomic E-state index is 0.107. The first-order chi connectivity index (χ1) is 11.0. The number of ether oxygens (including phenoxy) is 2. The lowest BCUT2D eigenvalue weighted by atomic mass is 10.1. The van der Waals surface area contributed by atoms with E-state index >= 15 is 0 Å². The van der Waals surface area contributed by atoms with E-state index in [1.807, 2.05) is 13.8 Å². The van der Waals surface area contributed by atoms with E-state index in [1.54, 1.807) is 32.9 Å². The molecule has 0 saturated carbocycles. The van der Waals surface area contributed by atoms with Crippen LogP contribution in [0.15, 0.2) is 12.1 Å². The van der Waals surface area contributed by atoms with E-state index in [-0.39, 0.29) is 13.0 Å². The lowest BCUT2D eigenvalue weighted by Gasteiger charge is -2.22. The van der Waals surface area contributed by atoms with Crippen LogP contribution >= 0.6 is 11.6 Å². The fourth-order valence-electron chi connectivity index (χ4n) is 1.90. The number of carbonyl (C=O) groups is 2. The number of amides is 1. The Morgan fingerprint density at radius 1 is 1.25 bits per heavy atom. The van der Waals surface area contributed by atoms with Crippen molar-refractivity contribution in [1.82, 2.24) is 5.32 Å². The molecular formula is C17H24ClNO5. The average molecular weight is 358 g/mol. The zero-order valence-electron chi connectivity index (χ0n) is 14.6. The van der Waals surface area contributed by atoms with Gasteiger partial charge < -0.3 is 19.9 Å². The second kappa shape index (κ2) is 8.24. The number of nitrogens with one attached hydrogen (secondary N) is 1. The third kappa shape index (κ3) is 6.66. The minimum Gasteiger partial charge on any atom is -0.493 e. The number of hydrogen-bond acceptors (Lipinski definition) is 4. The normalized spacial score (nSPS) is 12.4. The molecule has 1 aromatic rings. The van der Waals surface area contributed by atoms with Gasteiger partial charge in [0.1, 0.15) is 17.4 Å². The second-order valence-electron chi connectivity index (χ2n) is 6.54. The third-order valence-electron chi connectivity index (χ3n) is 3.11. The molecule has 1 rings (SSSR count). The maximum absolute atomic E-state index is 11.7. The van der Waals surface area contributed by atoms with Crippen LogP contribution in [0.25, 0.3) is 0 Å². The number of rotatable bonds is 6. The first-order valence-electron chi connectivity index (χ1n) is 7.61. The first-order valence-corrected chi connectivity index (χ1v) is 7.99. The summed E-state index contributed by atoms with van der Waals surface area (Å²) in [4.78, 5) is 23.0. The zero-order chi connectivity index (χ0) is 18.5. The highest BCUT2D eigenvalue weighted by Crippen LogP contribution is 2.26. The smallest absolute Gasteiger partial charge is 0.408 e. The Balaban J connectivity index is 2.60. The van der Waals surface area contributed by atoms with Gasteiger partial charge in [0, 0.05) is 11.4 Å². The van der Waals surface area contributed by atoms with Gasteiger partial charge in [0.05, 0.1) is 6.61 Å². The summed E-state index contributed by atoms with van der Waals surface area (Å²) in [5, 5.41) is 12.2. The summed E-state index contributed by atoms with van der Waals surface area (Å²) >= 11 is 6.03. The molecule has 0 saturated heterocycles. The van der Waals surface area contributed by atoms with E-state index in [2.05, 4.69) is 5.32 Å². The van der Waals surface area contributed by atoms with Gasteiger partial charge in [0.25, 0.3) is 0 Å². The van der Waals surface area contributed by atoms with Gasteiger partial charge in [-0.2, -0.15) is 0 Å². The van der Waals surface area contributed by atoms with Crippen LogP contribution in [0.2, 0.25) is 5.02 Å². The number of benzene rings is 1. The number of aliphatic carboxylic acids is 1. The topological polar surface area (TPSA) is 84.9 Å². The molecular weight excluding hydrogens is 334 g/mol. The Hall–Kier alpha value is -1.95. The number of carbonyl (C=O) groups excluding carboxylic acids is 1. The van der Waals surface area contributed by atoms with Gasteiger partial charge in [-0.15, -0.1) is 0 Å². The SMILES string of the molecule is Cc1cc(OCCC(NC(=O)OC(C)(C)C)C(=O)O)c(C)cc1Cl. The van der Waals surface area contributed by atoms with Crippen molar-refractivity contribution in [3.63, 3.8) is 0 Å². The zero-order valence-corrected chi connectivity index (χ0v) is 15.4. The minimum atomic E-state index is -1.14. The van der Waals surface area contributed by atoms with Gasteiger partial charge in [-0.1, -0.05) is 11.6 Å². The fourth-order valence-corrected chi connectivity index (χ4v) is 2.12. The summed E-state index contributed by atoms with van der Waals surface area (Å²) in [6.07, 6.45) is -0.663. The number of hydrogen-bond donors (Lipinski definition) is 2. The first kappa shape index (κ1) is 20.1. The van der Waals surface area contributed by atoms with Gasteiger partial charge in [-0.3, -0.25) is 0 Å². The summed E-state index contributed by atoms with van der Waals surface area (Å²) in [6.45, 7) is 8.97. The molecule has 7 heteroatoms. The highest BCUT2D eigenvalue weighted by Gasteiger charge is 2.24. The molecule has 1 atom stereocenters. The summed E-state index contributed by atoms with van der Waals surface area (Å²) in [7, 11) is 0. The van der Waals surface area contributed by atoms with Crippen molar-refractivity contribution >= 4 is 23.7 Å². The van der Waals surface area contributed by atoms with E-state index < -0.39 is 23.7 Å². The summed E-state index contributed by atoms with van der Waals surface area (Å²) < 4.78 is 10.7. The Morgan fingerprint density at radius 3 is 2.42 bits per heavy atom. The predicted octanol–water partition coefficient (Wildman–Crippen LogP) is 3.70. The van der Waals surface area contributed by atoms with Crippen LogP contribution in [-0.4, -0.2) is 35.4 Å². The second-order valence-corrected chi connectivity index (χ2v) is 6.95. The van der Waals surface area contributed by atoms with Crippen molar-refractivity contribution in [3.05, 3.63) is 28.3 Å². The maximum Gasteiger partial charge on any atom is 0.408 e. The number of halogens is 1. The molecule has 1 aromatic carbocycles. The summed E-state index contributed by atoms with van der Waals surface area (Å²) in [5.74, 6) is -0.508. The molecule has 2 N–H and O–H groups in total. The highest BCUT2D eigenvalue weighted by molar-refractivity contribution is 6.31. The molecule has 0 aliphatic heterocycles. The largest absolute Gasteiger partial charge is 0.493 e. The van der Waals surface area contributed by atoms with Crippen molar-refractivity contribution in [2.45, 2.75) is 52.7 Å². The number of alkyl carbamates (subject to hydrolysis) is 1. The quantitative estimate of drug-likeness (QED) is 0.810. The Kier molecular flexibility index (Phi) is 6.90. The number of aryl methyl sites for hydroxylation is 2. The molecule has 6 nitrogen and oxygen atoms in total. The molecule has 0 fully saturated rings. The van der Waals surface area contributed by atoms with Crippen LogP contribution in [0.5, 0.6) is 5.75 Å². The van der Waals surface area contributed by atoms with Gasteiger partial charge in [-0.25, -0.2) is 9.59 Å². The standard InChI is InChI=1S/C17H24ClNO5/c1-10-9-14(11(2)8-12(10)18)23-7-6-13(15(20)21)19-16(22)24-17(3,4)5/h8-9,13H,6-7H2,1-5H3,(H,19,22)(H,20,21). The lowest BCUT2D eigenvalue weighted by molar-refractivity contribution is -0.139. The molecule has 24 heavy (non-hydrogen) atoms. The van der Waals surface area contributed by atoms with Gasteiger partial charge in [0.15, 0.2) is 0 Å². The van der Waals surface area contributed by atoms with Crippen molar-refractivity contribution < 1.29 is 24.2 Å². The Morgan fingerprint density at radius 2 is 1.88 bits per heavy atom. The van der Waals surface area contributed by atoms with E-state index in [4.69, 9.17) is 21.1 Å². The van der Waals surface area contributed by atoms with E-state index in [1.165, 1.54) is 0 Å². The fraction of sp³-hybridized carbons (Fsp3) is 0.529. The Bertz CT molecular complexity index is 610. The van der Waals surface area contributed by atoms with Crippen LogP contribution in [0.3, 0.4) is 0 Å². The molecule has 0 aromatic heterocycles. The van der Waals surface area contributed by atoms with E-state index in [0.29, 0.717) is 10.8 Å². The molecule has 0 spiro atoms. The van der Waals surface area contributed by atoms with Crippen LogP contribution in [0, 0.1) is 13.8 Å². The third-order valence-corrected chi connectivity index (χ3v) is 3.52.